The second-order valence-electron chi connectivity index (χ2n) is 6.59. The maximum absolute atomic E-state index is 9.96. The topological polar surface area (TPSA) is 115 Å². The summed E-state index contributed by atoms with van der Waals surface area (Å²) in [6.07, 6.45) is 13.4. The van der Waals surface area contributed by atoms with Crippen molar-refractivity contribution in [1.29, 1.82) is 0 Å². The van der Waals surface area contributed by atoms with Gasteiger partial charge >= 0.3 is 11.9 Å². The molecule has 0 aromatic heterocycles. The fraction of sp³-hybridized carbons (Fsp3) is 0.857. The zero-order valence-corrected chi connectivity index (χ0v) is 22.3. The van der Waals surface area contributed by atoms with E-state index in [2.05, 4.69) is 20.8 Å². The first-order valence-electron chi connectivity index (χ1n) is 10.4. The van der Waals surface area contributed by atoms with Crippen LogP contribution < -0.4 is 5.11 Å². The molecule has 2 N–H and O–H groups in total. The van der Waals surface area contributed by atoms with E-state index in [1.54, 1.807) is 0 Å². The summed E-state index contributed by atoms with van der Waals surface area (Å²) in [5, 5.41) is 26.3. The van der Waals surface area contributed by atoms with Crippen molar-refractivity contribution in [2.24, 2.45) is 0 Å². The second-order valence-corrected chi connectivity index (χ2v) is 6.59. The van der Waals surface area contributed by atoms with Gasteiger partial charge in [0.1, 0.15) is 0 Å². The van der Waals surface area contributed by atoms with E-state index in [1.165, 1.54) is 12.8 Å². The molecule has 0 aliphatic rings. The molecule has 0 radical (unpaired) electrons. The zero-order valence-electron chi connectivity index (χ0n) is 18.1. The Balaban J connectivity index is -0.000000152. The predicted octanol–water partition coefficient (Wildman–Crippen LogP) is 4.79. The van der Waals surface area contributed by atoms with Crippen molar-refractivity contribution in [2.45, 2.75) is 117 Å². The molecular formula is C21H41O6U-. The number of carboxylic acid groups (broad SMARTS) is 3. The van der Waals surface area contributed by atoms with Gasteiger partial charge in [0.2, 0.25) is 0 Å². The quantitative estimate of drug-likeness (QED) is 0.253. The summed E-state index contributed by atoms with van der Waals surface area (Å²) in [5.74, 6) is -2.27. The van der Waals surface area contributed by atoms with Crippen LogP contribution in [-0.4, -0.2) is 28.1 Å². The standard InChI is InChI=1S/3C7H14O2.U/c3*1-2-3-4-5-6-7(8)9;/h3*2-6H2,1H3,(H,8,9);/p-1. The molecule has 166 valence electrons. The molecule has 7 heteroatoms. The molecule has 0 bridgehead atoms. The molecule has 0 aliphatic heterocycles. The molecule has 0 amide bonds. The Morgan fingerprint density at radius 3 is 1.07 bits per heavy atom. The average Bonchev–Trinajstić information content (AvgIpc) is 2.60. The third kappa shape index (κ3) is 50.0. The summed E-state index contributed by atoms with van der Waals surface area (Å²) in [7, 11) is 0. The third-order valence-electron chi connectivity index (χ3n) is 3.72. The van der Waals surface area contributed by atoms with Gasteiger partial charge in [-0.1, -0.05) is 78.6 Å². The Kier molecular flexibility index (Phi) is 38.9. The molecule has 0 saturated heterocycles. The number of carbonyl (C=O) groups is 3. The van der Waals surface area contributed by atoms with Gasteiger partial charge in [-0.25, -0.2) is 0 Å². The van der Waals surface area contributed by atoms with E-state index in [1.807, 2.05) is 0 Å². The molecule has 0 unspecified atom stereocenters. The van der Waals surface area contributed by atoms with Crippen molar-refractivity contribution in [3.05, 3.63) is 0 Å². The number of unbranched alkanes of at least 4 members (excludes halogenated alkanes) is 9. The average molecular weight is 628 g/mol. The van der Waals surface area contributed by atoms with E-state index >= 15 is 0 Å². The van der Waals surface area contributed by atoms with Crippen LogP contribution in [0, 0.1) is 31.1 Å². The van der Waals surface area contributed by atoms with Gasteiger partial charge in [0.05, 0.1) is 0 Å². The van der Waals surface area contributed by atoms with Crippen LogP contribution in [0.5, 0.6) is 0 Å². The van der Waals surface area contributed by atoms with Crippen molar-refractivity contribution in [3.63, 3.8) is 0 Å². The fourth-order valence-electron chi connectivity index (χ4n) is 2.10. The number of carbonyl (C=O) groups excluding carboxylic acids is 1. The molecule has 0 atom stereocenters. The molecule has 6 nitrogen and oxygen atoms in total. The van der Waals surface area contributed by atoms with Gasteiger partial charge in [0.25, 0.3) is 0 Å². The molecule has 0 aromatic rings. The van der Waals surface area contributed by atoms with Crippen LogP contribution in [0.2, 0.25) is 0 Å². The monoisotopic (exact) mass is 627 g/mol. The Morgan fingerprint density at radius 2 is 0.857 bits per heavy atom. The summed E-state index contributed by atoms with van der Waals surface area (Å²) >= 11 is 0. The van der Waals surface area contributed by atoms with Crippen LogP contribution in [-0.2, 0) is 14.4 Å². The van der Waals surface area contributed by atoms with Crippen LogP contribution in [0.3, 0.4) is 0 Å². The predicted molar refractivity (Wildman–Crippen MR) is 107 cm³/mol. The van der Waals surface area contributed by atoms with Gasteiger partial charge in [-0.15, -0.1) is 0 Å². The van der Waals surface area contributed by atoms with Crippen molar-refractivity contribution >= 4 is 17.9 Å². The van der Waals surface area contributed by atoms with E-state index in [4.69, 9.17) is 10.2 Å². The van der Waals surface area contributed by atoms with Gasteiger partial charge in [-0.3, -0.25) is 9.59 Å². The minimum atomic E-state index is -0.925. The molecule has 0 spiro atoms. The summed E-state index contributed by atoms with van der Waals surface area (Å²) in [5.41, 5.74) is 0. The Hall–Kier alpha value is -0.538. The van der Waals surface area contributed by atoms with Crippen LogP contribution in [0.15, 0.2) is 0 Å². The van der Waals surface area contributed by atoms with Crippen LogP contribution >= 0.6 is 0 Å². The maximum atomic E-state index is 9.96. The van der Waals surface area contributed by atoms with E-state index in [9.17, 15) is 19.5 Å². The largest absolute Gasteiger partial charge is 0.550 e. The summed E-state index contributed by atoms with van der Waals surface area (Å²) in [6, 6.07) is 0. The first-order valence-corrected chi connectivity index (χ1v) is 10.4. The number of hydrogen-bond donors (Lipinski definition) is 2. The van der Waals surface area contributed by atoms with Crippen molar-refractivity contribution < 1.29 is 60.8 Å². The van der Waals surface area contributed by atoms with Gasteiger partial charge in [0, 0.05) is 49.9 Å². The summed E-state index contributed by atoms with van der Waals surface area (Å²) < 4.78 is 0. The number of aliphatic carboxylic acids is 3. The minimum absolute atomic E-state index is 0. The summed E-state index contributed by atoms with van der Waals surface area (Å²) in [4.78, 5) is 29.8. The van der Waals surface area contributed by atoms with E-state index in [0.717, 1.165) is 64.2 Å². The van der Waals surface area contributed by atoms with Gasteiger partial charge in [-0.2, -0.15) is 0 Å². The van der Waals surface area contributed by atoms with Crippen molar-refractivity contribution in [3.8, 4) is 0 Å². The molecule has 0 fully saturated rings. The fourth-order valence-corrected chi connectivity index (χ4v) is 2.10. The first kappa shape index (κ1) is 34.9. The van der Waals surface area contributed by atoms with Crippen molar-refractivity contribution in [2.75, 3.05) is 0 Å². The smallest absolute Gasteiger partial charge is 0.303 e. The molecule has 28 heavy (non-hydrogen) atoms. The van der Waals surface area contributed by atoms with Crippen molar-refractivity contribution in [1.82, 2.24) is 0 Å². The molecule has 0 heterocycles. The van der Waals surface area contributed by atoms with E-state index in [-0.39, 0.29) is 37.5 Å². The number of hydrogen-bond acceptors (Lipinski definition) is 4. The zero-order chi connectivity index (χ0) is 21.3. The molecule has 0 saturated carbocycles. The molecule has 0 aliphatic carbocycles. The second kappa shape index (κ2) is 31.2. The van der Waals surface area contributed by atoms with Crippen LogP contribution in [0.25, 0.3) is 0 Å². The molecular weight excluding hydrogens is 586 g/mol. The van der Waals surface area contributed by atoms with Gasteiger partial charge in [0.15, 0.2) is 0 Å². The normalized spacial score (nSPS) is 9.11. The van der Waals surface area contributed by atoms with Gasteiger partial charge in [-0.05, 0) is 25.7 Å². The molecule has 0 aromatic carbocycles. The third-order valence-corrected chi connectivity index (χ3v) is 3.72. The maximum Gasteiger partial charge on any atom is 0.303 e. The van der Waals surface area contributed by atoms with E-state index < -0.39 is 17.9 Å². The minimum Gasteiger partial charge on any atom is -0.550 e. The molecule has 0 rings (SSSR count). The van der Waals surface area contributed by atoms with E-state index in [0.29, 0.717) is 12.8 Å². The summed E-state index contributed by atoms with van der Waals surface area (Å²) in [6.45, 7) is 6.32. The SMILES string of the molecule is CCCCCCC(=O)O.CCCCCCC(=O)O.CCCCCCC(=O)[O-].[U]. The van der Waals surface area contributed by atoms with Crippen LogP contribution in [0.1, 0.15) is 117 Å². The number of rotatable bonds is 15. The number of carboxylic acids is 3. The van der Waals surface area contributed by atoms with Gasteiger partial charge < -0.3 is 20.1 Å². The Morgan fingerprint density at radius 1 is 0.571 bits per heavy atom. The Labute approximate surface area is 195 Å². The van der Waals surface area contributed by atoms with Crippen LogP contribution in [0.4, 0.5) is 0 Å². The first-order chi connectivity index (χ1) is 12.8. The Bertz CT molecular complexity index is 295.